The number of aliphatic hydroxyl groups is 2. The first-order valence-corrected chi connectivity index (χ1v) is 5.31. The SMILES string of the molecule is OCC1CCCO1.OCC1CCCO1.[BaH2]. The van der Waals surface area contributed by atoms with Crippen LogP contribution in [0.15, 0.2) is 0 Å². The molecule has 0 radical (unpaired) electrons. The van der Waals surface area contributed by atoms with Gasteiger partial charge in [-0.25, -0.2) is 0 Å². The van der Waals surface area contributed by atoms with Crippen LogP contribution in [0.25, 0.3) is 0 Å². The van der Waals surface area contributed by atoms with Crippen LogP contribution in [0.4, 0.5) is 0 Å². The molecule has 5 heteroatoms. The van der Waals surface area contributed by atoms with Crippen LogP contribution in [0.5, 0.6) is 0 Å². The summed E-state index contributed by atoms with van der Waals surface area (Å²) in [6.07, 6.45) is 4.61. The molecule has 2 N–H and O–H groups in total. The molecule has 88 valence electrons. The molecular weight excluding hydrogens is 321 g/mol. The van der Waals surface area contributed by atoms with Crippen molar-refractivity contribution in [3.05, 3.63) is 0 Å². The Kier molecular flexibility index (Phi) is 11.6. The third-order valence-corrected chi connectivity index (χ3v) is 2.46. The molecule has 4 nitrogen and oxygen atoms in total. The minimum atomic E-state index is 0. The molecule has 2 heterocycles. The average molecular weight is 344 g/mol. The first kappa shape index (κ1) is 16.4. The van der Waals surface area contributed by atoms with E-state index in [4.69, 9.17) is 19.7 Å². The Morgan fingerprint density at radius 3 is 1.40 bits per heavy atom. The molecule has 0 aromatic heterocycles. The maximum absolute atomic E-state index is 8.44. The number of rotatable bonds is 2. The summed E-state index contributed by atoms with van der Waals surface area (Å²) in [6.45, 7) is 2.07. The number of aliphatic hydroxyl groups excluding tert-OH is 2. The standard InChI is InChI=1S/2C5H10O2.Ba.2H/c2*6-4-5-2-1-3-7-5;;;/h2*5-6H,1-4H2;;;. The van der Waals surface area contributed by atoms with Crippen molar-refractivity contribution in [2.75, 3.05) is 26.4 Å². The Labute approximate surface area is 131 Å². The molecule has 0 aliphatic carbocycles. The van der Waals surface area contributed by atoms with Crippen molar-refractivity contribution in [1.29, 1.82) is 0 Å². The van der Waals surface area contributed by atoms with Gasteiger partial charge in [0.2, 0.25) is 0 Å². The molecule has 0 spiro atoms. The maximum atomic E-state index is 8.44. The van der Waals surface area contributed by atoms with Gasteiger partial charge in [-0.3, -0.25) is 0 Å². The Bertz CT molecular complexity index is 117. The number of hydrogen-bond donors (Lipinski definition) is 2. The first-order chi connectivity index (χ1) is 6.86. The summed E-state index contributed by atoms with van der Waals surface area (Å²) in [5.74, 6) is 0. The summed E-state index contributed by atoms with van der Waals surface area (Å²) in [5.41, 5.74) is 0. The fourth-order valence-electron chi connectivity index (χ4n) is 1.58. The van der Waals surface area contributed by atoms with Gasteiger partial charge in [-0.2, -0.15) is 0 Å². The van der Waals surface area contributed by atoms with E-state index in [0.29, 0.717) is 0 Å². The van der Waals surface area contributed by atoms with Crippen molar-refractivity contribution in [3.63, 3.8) is 0 Å². The van der Waals surface area contributed by atoms with Crippen molar-refractivity contribution < 1.29 is 19.7 Å². The summed E-state index contributed by atoms with van der Waals surface area (Å²) in [4.78, 5) is 0. The van der Waals surface area contributed by atoms with Gasteiger partial charge < -0.3 is 19.7 Å². The van der Waals surface area contributed by atoms with Crippen LogP contribution in [0.3, 0.4) is 0 Å². The Morgan fingerprint density at radius 1 is 0.867 bits per heavy atom. The van der Waals surface area contributed by atoms with Crippen molar-refractivity contribution >= 4 is 48.9 Å². The zero-order chi connectivity index (χ0) is 10.2. The second-order valence-corrected chi connectivity index (χ2v) is 3.64. The van der Waals surface area contributed by atoms with E-state index in [2.05, 4.69) is 0 Å². The third kappa shape index (κ3) is 7.36. The fourth-order valence-corrected chi connectivity index (χ4v) is 1.58. The van der Waals surface area contributed by atoms with Crippen LogP contribution >= 0.6 is 0 Å². The summed E-state index contributed by atoms with van der Waals surface area (Å²) < 4.78 is 10.1. The summed E-state index contributed by atoms with van der Waals surface area (Å²) in [6, 6.07) is 0. The third-order valence-electron chi connectivity index (χ3n) is 2.46. The predicted molar refractivity (Wildman–Crippen MR) is 60.7 cm³/mol. The van der Waals surface area contributed by atoms with Gasteiger partial charge in [-0.1, -0.05) is 0 Å². The zero-order valence-electron chi connectivity index (χ0n) is 8.52. The van der Waals surface area contributed by atoms with Crippen LogP contribution in [0.1, 0.15) is 25.7 Å². The van der Waals surface area contributed by atoms with Gasteiger partial charge >= 0.3 is 48.9 Å². The normalized spacial score (nSPS) is 29.2. The van der Waals surface area contributed by atoms with Crippen LogP contribution in [0, 0.1) is 0 Å². The van der Waals surface area contributed by atoms with Gasteiger partial charge in [0, 0.05) is 13.2 Å². The van der Waals surface area contributed by atoms with E-state index in [9.17, 15) is 0 Å². The van der Waals surface area contributed by atoms with Crippen molar-refractivity contribution in [2.24, 2.45) is 0 Å². The van der Waals surface area contributed by atoms with E-state index in [1.165, 1.54) is 0 Å². The molecule has 15 heavy (non-hydrogen) atoms. The van der Waals surface area contributed by atoms with Crippen molar-refractivity contribution in [3.8, 4) is 0 Å². The van der Waals surface area contributed by atoms with Gasteiger partial charge in [0.25, 0.3) is 0 Å². The molecule has 2 unspecified atom stereocenters. The van der Waals surface area contributed by atoms with Gasteiger partial charge in [-0.05, 0) is 25.7 Å². The van der Waals surface area contributed by atoms with E-state index < -0.39 is 0 Å². The van der Waals surface area contributed by atoms with Gasteiger partial charge in [-0.15, -0.1) is 0 Å². The summed E-state index contributed by atoms with van der Waals surface area (Å²) in [5, 5.41) is 16.9. The molecule has 2 aliphatic rings. The van der Waals surface area contributed by atoms with Crippen LogP contribution in [-0.4, -0.2) is 97.7 Å². The zero-order valence-corrected chi connectivity index (χ0v) is 8.52. The molecule has 0 aromatic carbocycles. The van der Waals surface area contributed by atoms with Gasteiger partial charge in [0.1, 0.15) is 0 Å². The molecule has 2 saturated heterocycles. The van der Waals surface area contributed by atoms with Crippen molar-refractivity contribution in [2.45, 2.75) is 37.9 Å². The molecule has 0 amide bonds. The van der Waals surface area contributed by atoms with E-state index in [1.54, 1.807) is 0 Å². The molecule has 2 rings (SSSR count). The van der Waals surface area contributed by atoms with Crippen LogP contribution < -0.4 is 0 Å². The molecular formula is C10H22BaO4. The second-order valence-electron chi connectivity index (χ2n) is 3.64. The Balaban J connectivity index is 0.000000245. The quantitative estimate of drug-likeness (QED) is 0.658. The Hall–Kier alpha value is 1.41. The van der Waals surface area contributed by atoms with E-state index in [1.807, 2.05) is 0 Å². The topological polar surface area (TPSA) is 58.9 Å². The molecule has 2 atom stereocenters. The first-order valence-electron chi connectivity index (χ1n) is 5.31. The minimum absolute atomic E-state index is 0. The predicted octanol–water partition coefficient (Wildman–Crippen LogP) is -0.601. The monoisotopic (exact) mass is 344 g/mol. The molecule has 0 aromatic rings. The summed E-state index contributed by atoms with van der Waals surface area (Å²) >= 11 is 0. The van der Waals surface area contributed by atoms with Gasteiger partial charge in [0.05, 0.1) is 25.4 Å². The molecule has 2 fully saturated rings. The summed E-state index contributed by atoms with van der Waals surface area (Å²) in [7, 11) is 0. The number of hydrogen-bond acceptors (Lipinski definition) is 4. The molecule has 2 aliphatic heterocycles. The van der Waals surface area contributed by atoms with E-state index in [-0.39, 0.29) is 74.3 Å². The number of ether oxygens (including phenoxy) is 2. The van der Waals surface area contributed by atoms with Gasteiger partial charge in [0.15, 0.2) is 0 Å². The van der Waals surface area contributed by atoms with Crippen LogP contribution in [0.2, 0.25) is 0 Å². The Morgan fingerprint density at radius 2 is 1.27 bits per heavy atom. The average Bonchev–Trinajstić information content (AvgIpc) is 2.92. The molecule has 0 bridgehead atoms. The fraction of sp³-hybridized carbons (Fsp3) is 1.00. The second kappa shape index (κ2) is 10.6. The van der Waals surface area contributed by atoms with E-state index in [0.717, 1.165) is 38.9 Å². The molecule has 0 saturated carbocycles. The van der Waals surface area contributed by atoms with Crippen molar-refractivity contribution in [1.82, 2.24) is 0 Å². The van der Waals surface area contributed by atoms with E-state index >= 15 is 0 Å². The van der Waals surface area contributed by atoms with Crippen LogP contribution in [-0.2, 0) is 9.47 Å².